The summed E-state index contributed by atoms with van der Waals surface area (Å²) in [5.41, 5.74) is 2.84. The zero-order valence-corrected chi connectivity index (χ0v) is 17.7. The molecule has 2 fully saturated rings. The summed E-state index contributed by atoms with van der Waals surface area (Å²) in [4.78, 5) is 51.1. The van der Waals surface area contributed by atoms with Gasteiger partial charge >= 0.3 is 0 Å². The van der Waals surface area contributed by atoms with Crippen molar-refractivity contribution in [3.05, 3.63) is 70.8 Å². The van der Waals surface area contributed by atoms with E-state index in [4.69, 9.17) is 0 Å². The first kappa shape index (κ1) is 20.4. The minimum atomic E-state index is -0.661. The van der Waals surface area contributed by atoms with Gasteiger partial charge in [0.2, 0.25) is 11.8 Å². The van der Waals surface area contributed by atoms with Gasteiger partial charge in [-0.2, -0.15) is 0 Å². The van der Waals surface area contributed by atoms with Gasteiger partial charge in [0.25, 0.3) is 11.8 Å². The van der Waals surface area contributed by atoms with E-state index in [9.17, 15) is 19.2 Å². The molecule has 1 saturated heterocycles. The molecular weight excluding hydrogens is 406 g/mol. The Kier molecular flexibility index (Phi) is 5.25. The third-order valence-electron chi connectivity index (χ3n) is 6.85. The van der Waals surface area contributed by atoms with Gasteiger partial charge in [0.15, 0.2) is 0 Å². The summed E-state index contributed by atoms with van der Waals surface area (Å²) in [6.07, 6.45) is 3.91. The van der Waals surface area contributed by atoms with Gasteiger partial charge in [-0.3, -0.25) is 24.5 Å². The molecule has 7 heteroatoms. The highest BCUT2D eigenvalue weighted by atomic mass is 16.2. The van der Waals surface area contributed by atoms with Crippen molar-refractivity contribution in [1.82, 2.24) is 15.5 Å². The lowest BCUT2D eigenvalue weighted by Gasteiger charge is -2.34. The van der Waals surface area contributed by atoms with Crippen molar-refractivity contribution in [3.63, 3.8) is 0 Å². The van der Waals surface area contributed by atoms with E-state index in [1.54, 1.807) is 18.2 Å². The Bertz CT molecular complexity index is 1090. The third-order valence-corrected chi connectivity index (χ3v) is 6.85. The lowest BCUT2D eigenvalue weighted by Crippen LogP contribution is -2.52. The second-order valence-corrected chi connectivity index (χ2v) is 8.82. The van der Waals surface area contributed by atoms with Crippen molar-refractivity contribution < 1.29 is 19.2 Å². The molecule has 5 rings (SSSR count). The number of carbonyl (C=O) groups excluding carboxylic acids is 4. The van der Waals surface area contributed by atoms with E-state index < -0.39 is 11.9 Å². The van der Waals surface area contributed by atoms with Gasteiger partial charge < -0.3 is 10.2 Å². The first-order valence-electron chi connectivity index (χ1n) is 11.1. The highest BCUT2D eigenvalue weighted by Gasteiger charge is 2.39. The standard InChI is InChI=1S/C25H25N3O4/c29-21-12-11-20(24(31)26-21)28-14-18-13-17(9-10-19(18)25(28)32)23(30)27-22(16-7-4-8-16)15-5-2-1-3-6-15/h1-3,5-6,9-10,13,16,20,22H,4,7-8,11-12,14H2,(H,27,30)(H,26,29,31)/t20?,22-/m1/s1. The van der Waals surface area contributed by atoms with Crippen LogP contribution in [0.15, 0.2) is 48.5 Å². The number of nitrogens with one attached hydrogen (secondary N) is 2. The lowest BCUT2D eigenvalue weighted by atomic mass is 9.77. The first-order valence-corrected chi connectivity index (χ1v) is 11.1. The van der Waals surface area contributed by atoms with Gasteiger partial charge in [-0.05, 0) is 54.5 Å². The van der Waals surface area contributed by atoms with Crippen molar-refractivity contribution in [2.24, 2.45) is 5.92 Å². The smallest absolute Gasteiger partial charge is 0.255 e. The quantitative estimate of drug-likeness (QED) is 0.712. The maximum Gasteiger partial charge on any atom is 0.255 e. The molecule has 32 heavy (non-hydrogen) atoms. The minimum absolute atomic E-state index is 0.0349. The average molecular weight is 431 g/mol. The van der Waals surface area contributed by atoms with Gasteiger partial charge in [-0.1, -0.05) is 36.8 Å². The van der Waals surface area contributed by atoms with Gasteiger partial charge in [-0.15, -0.1) is 0 Å². The summed E-state index contributed by atoms with van der Waals surface area (Å²) in [6, 6.07) is 14.4. The Labute approximate surface area is 186 Å². The normalized spacial score (nSPS) is 21.6. The van der Waals surface area contributed by atoms with Crippen LogP contribution >= 0.6 is 0 Å². The van der Waals surface area contributed by atoms with E-state index in [1.807, 2.05) is 30.3 Å². The predicted molar refractivity (Wildman–Crippen MR) is 116 cm³/mol. The summed E-state index contributed by atoms with van der Waals surface area (Å²) in [5.74, 6) is -0.723. The SMILES string of the molecule is O=C1CCC(N2Cc3cc(C(=O)N[C@H](c4ccccc4)C4CCC4)ccc3C2=O)C(=O)N1. The Balaban J connectivity index is 1.34. The zero-order valence-electron chi connectivity index (χ0n) is 17.7. The number of hydrogen-bond acceptors (Lipinski definition) is 4. The van der Waals surface area contributed by atoms with Crippen LogP contribution in [-0.4, -0.2) is 34.6 Å². The molecule has 164 valence electrons. The highest BCUT2D eigenvalue weighted by molar-refractivity contribution is 6.06. The Hall–Kier alpha value is -3.48. The lowest BCUT2D eigenvalue weighted by molar-refractivity contribution is -0.136. The van der Waals surface area contributed by atoms with Crippen LogP contribution in [0.5, 0.6) is 0 Å². The topological polar surface area (TPSA) is 95.6 Å². The van der Waals surface area contributed by atoms with Crippen molar-refractivity contribution >= 4 is 23.6 Å². The molecule has 2 atom stereocenters. The van der Waals surface area contributed by atoms with E-state index in [2.05, 4.69) is 10.6 Å². The molecular formula is C25H25N3O4. The van der Waals surface area contributed by atoms with Crippen LogP contribution in [0.1, 0.15) is 70.0 Å². The number of rotatable bonds is 5. The van der Waals surface area contributed by atoms with Crippen molar-refractivity contribution in [2.75, 3.05) is 0 Å². The number of fused-ring (bicyclic) bond motifs is 1. The summed E-state index contributed by atoms with van der Waals surface area (Å²) >= 11 is 0. The molecule has 4 amide bonds. The number of carbonyl (C=O) groups is 4. The molecule has 0 radical (unpaired) electrons. The molecule has 0 spiro atoms. The van der Waals surface area contributed by atoms with Gasteiger partial charge in [0.05, 0.1) is 6.04 Å². The highest BCUT2D eigenvalue weighted by Crippen LogP contribution is 2.38. The van der Waals surface area contributed by atoms with Crippen LogP contribution in [0.4, 0.5) is 0 Å². The molecule has 7 nitrogen and oxygen atoms in total. The van der Waals surface area contributed by atoms with Crippen molar-refractivity contribution in [2.45, 2.75) is 50.7 Å². The zero-order chi connectivity index (χ0) is 22.2. The minimum Gasteiger partial charge on any atom is -0.345 e. The molecule has 2 aromatic rings. The number of piperidine rings is 1. The molecule has 2 aliphatic heterocycles. The third kappa shape index (κ3) is 3.68. The van der Waals surface area contributed by atoms with E-state index in [0.717, 1.165) is 24.0 Å². The van der Waals surface area contributed by atoms with Crippen LogP contribution in [0.3, 0.4) is 0 Å². The maximum absolute atomic E-state index is 13.1. The van der Waals surface area contributed by atoms with Crippen molar-refractivity contribution in [1.29, 1.82) is 0 Å². The van der Waals surface area contributed by atoms with Crippen molar-refractivity contribution in [3.8, 4) is 0 Å². The number of hydrogen-bond donors (Lipinski definition) is 2. The number of imide groups is 1. The number of amides is 4. The average Bonchev–Trinajstić information content (AvgIpc) is 3.08. The molecule has 0 aromatic heterocycles. The summed E-state index contributed by atoms with van der Waals surface area (Å²) < 4.78 is 0. The summed E-state index contributed by atoms with van der Waals surface area (Å²) in [7, 11) is 0. The molecule has 1 unspecified atom stereocenters. The molecule has 1 saturated carbocycles. The number of benzene rings is 2. The molecule has 3 aliphatic rings. The Morgan fingerprint density at radius 3 is 2.50 bits per heavy atom. The van der Waals surface area contributed by atoms with E-state index >= 15 is 0 Å². The van der Waals surface area contributed by atoms with Crippen LogP contribution in [0.25, 0.3) is 0 Å². The van der Waals surface area contributed by atoms with E-state index in [1.165, 1.54) is 11.3 Å². The van der Waals surface area contributed by atoms with E-state index in [-0.39, 0.29) is 36.7 Å². The Morgan fingerprint density at radius 1 is 1.03 bits per heavy atom. The molecule has 2 heterocycles. The molecule has 1 aliphatic carbocycles. The second kappa shape index (κ2) is 8.22. The Morgan fingerprint density at radius 2 is 1.81 bits per heavy atom. The fourth-order valence-electron chi connectivity index (χ4n) is 4.85. The van der Waals surface area contributed by atoms with Crippen LogP contribution in [-0.2, 0) is 16.1 Å². The largest absolute Gasteiger partial charge is 0.345 e. The van der Waals surface area contributed by atoms with Crippen LogP contribution in [0, 0.1) is 5.92 Å². The first-order chi connectivity index (χ1) is 15.5. The van der Waals surface area contributed by atoms with Gasteiger partial charge in [0, 0.05) is 24.1 Å². The molecule has 0 bridgehead atoms. The van der Waals surface area contributed by atoms with Crippen LogP contribution in [0.2, 0.25) is 0 Å². The summed E-state index contributed by atoms with van der Waals surface area (Å²) in [5, 5.41) is 5.51. The van der Waals surface area contributed by atoms with Crippen LogP contribution < -0.4 is 10.6 Å². The van der Waals surface area contributed by atoms with Gasteiger partial charge in [0.1, 0.15) is 6.04 Å². The predicted octanol–water partition coefficient (Wildman–Crippen LogP) is 2.72. The fraction of sp³-hybridized carbons (Fsp3) is 0.360. The monoisotopic (exact) mass is 431 g/mol. The number of nitrogens with zero attached hydrogens (tertiary/aromatic N) is 1. The fourth-order valence-corrected chi connectivity index (χ4v) is 4.85. The van der Waals surface area contributed by atoms with E-state index in [0.29, 0.717) is 23.5 Å². The maximum atomic E-state index is 13.1. The van der Waals surface area contributed by atoms with Gasteiger partial charge in [-0.25, -0.2) is 0 Å². The summed E-state index contributed by atoms with van der Waals surface area (Å²) in [6.45, 7) is 0.256. The molecule has 2 N–H and O–H groups in total. The second-order valence-electron chi connectivity index (χ2n) is 8.82. The molecule has 2 aromatic carbocycles.